The summed E-state index contributed by atoms with van der Waals surface area (Å²) in [7, 11) is 1.46. The lowest BCUT2D eigenvalue weighted by Gasteiger charge is -2.03. The van der Waals surface area contributed by atoms with E-state index in [0.29, 0.717) is 11.4 Å². The van der Waals surface area contributed by atoms with Crippen molar-refractivity contribution in [2.45, 2.75) is 0 Å². The van der Waals surface area contributed by atoms with Crippen LogP contribution in [0.4, 0.5) is 5.69 Å². The van der Waals surface area contributed by atoms with Crippen LogP contribution in [0.3, 0.4) is 0 Å². The van der Waals surface area contributed by atoms with E-state index < -0.39 is 5.97 Å². The molecule has 0 aliphatic rings. The van der Waals surface area contributed by atoms with Gasteiger partial charge in [-0.1, -0.05) is 6.07 Å². The van der Waals surface area contributed by atoms with Crippen LogP contribution in [0.25, 0.3) is 0 Å². The van der Waals surface area contributed by atoms with Gasteiger partial charge in [-0.2, -0.15) is 0 Å². The summed E-state index contributed by atoms with van der Waals surface area (Å²) in [5, 5.41) is 18.4. The molecular formula is C15H13NO4. The number of carbonyl (C=O) groups is 1. The Bertz CT molecular complexity index is 665. The topological polar surface area (TPSA) is 79.1 Å². The van der Waals surface area contributed by atoms with Crippen LogP contribution in [0.1, 0.15) is 15.9 Å². The zero-order chi connectivity index (χ0) is 14.5. The number of aromatic hydroxyl groups is 1. The van der Waals surface area contributed by atoms with Gasteiger partial charge in [0.25, 0.3) is 0 Å². The van der Waals surface area contributed by atoms with Gasteiger partial charge in [0, 0.05) is 6.21 Å². The molecule has 0 spiro atoms. The van der Waals surface area contributed by atoms with Crippen molar-refractivity contribution >= 4 is 17.9 Å². The average molecular weight is 271 g/mol. The third-order valence-corrected chi connectivity index (χ3v) is 2.66. The molecule has 5 heteroatoms. The van der Waals surface area contributed by atoms with Crippen molar-refractivity contribution in [3.63, 3.8) is 0 Å². The van der Waals surface area contributed by atoms with E-state index in [0.717, 1.165) is 5.56 Å². The molecule has 5 nitrogen and oxygen atoms in total. The number of hydrogen-bond acceptors (Lipinski definition) is 4. The van der Waals surface area contributed by atoms with E-state index in [1.54, 1.807) is 30.5 Å². The Balaban J connectivity index is 2.25. The Morgan fingerprint density at radius 3 is 2.75 bits per heavy atom. The molecule has 0 radical (unpaired) electrons. The van der Waals surface area contributed by atoms with Gasteiger partial charge < -0.3 is 14.9 Å². The first kappa shape index (κ1) is 13.6. The molecule has 2 aromatic carbocycles. The lowest BCUT2D eigenvalue weighted by Crippen LogP contribution is -1.94. The number of aromatic carboxylic acids is 1. The molecule has 2 aromatic rings. The van der Waals surface area contributed by atoms with Gasteiger partial charge in [0.05, 0.1) is 18.4 Å². The number of phenols is 1. The summed E-state index contributed by atoms with van der Waals surface area (Å²) < 4.78 is 5.00. The van der Waals surface area contributed by atoms with Crippen LogP contribution >= 0.6 is 0 Å². The largest absolute Gasteiger partial charge is 0.504 e. The number of carboxylic acids is 1. The third-order valence-electron chi connectivity index (χ3n) is 2.66. The van der Waals surface area contributed by atoms with Gasteiger partial charge in [0.1, 0.15) is 0 Å². The number of hydrogen-bond donors (Lipinski definition) is 2. The Hall–Kier alpha value is -2.82. The summed E-state index contributed by atoms with van der Waals surface area (Å²) in [6, 6.07) is 11.2. The monoisotopic (exact) mass is 271 g/mol. The predicted octanol–water partition coefficient (Wildman–Crippen LogP) is 2.85. The van der Waals surface area contributed by atoms with Crippen molar-refractivity contribution in [1.29, 1.82) is 0 Å². The van der Waals surface area contributed by atoms with Gasteiger partial charge in [0.2, 0.25) is 0 Å². The van der Waals surface area contributed by atoms with Crippen molar-refractivity contribution < 1.29 is 19.7 Å². The zero-order valence-corrected chi connectivity index (χ0v) is 10.8. The molecule has 0 heterocycles. The number of carboxylic acid groups (broad SMARTS) is 1. The van der Waals surface area contributed by atoms with E-state index in [-0.39, 0.29) is 11.3 Å². The molecule has 0 aromatic heterocycles. The fourth-order valence-electron chi connectivity index (χ4n) is 1.64. The van der Waals surface area contributed by atoms with Crippen LogP contribution in [0.2, 0.25) is 0 Å². The van der Waals surface area contributed by atoms with Gasteiger partial charge in [-0.3, -0.25) is 4.99 Å². The highest BCUT2D eigenvalue weighted by Gasteiger charge is 2.03. The summed E-state index contributed by atoms with van der Waals surface area (Å²) in [6.45, 7) is 0. The fourth-order valence-corrected chi connectivity index (χ4v) is 1.64. The van der Waals surface area contributed by atoms with E-state index in [2.05, 4.69) is 4.99 Å². The van der Waals surface area contributed by atoms with E-state index in [1.807, 2.05) is 0 Å². The van der Waals surface area contributed by atoms with Gasteiger partial charge >= 0.3 is 5.97 Å². The first-order valence-corrected chi connectivity index (χ1v) is 5.84. The molecule has 0 fully saturated rings. The smallest absolute Gasteiger partial charge is 0.335 e. The molecule has 0 aliphatic heterocycles. The van der Waals surface area contributed by atoms with Crippen molar-refractivity contribution in [1.82, 2.24) is 0 Å². The summed E-state index contributed by atoms with van der Waals surface area (Å²) in [4.78, 5) is 15.1. The summed E-state index contributed by atoms with van der Waals surface area (Å²) >= 11 is 0. The highest BCUT2D eigenvalue weighted by Crippen LogP contribution is 2.25. The second-order valence-electron chi connectivity index (χ2n) is 4.04. The van der Waals surface area contributed by atoms with E-state index in [9.17, 15) is 9.90 Å². The van der Waals surface area contributed by atoms with Crippen LogP contribution < -0.4 is 4.74 Å². The number of phenolic OH excluding ortho intramolecular Hbond substituents is 1. The minimum Gasteiger partial charge on any atom is -0.504 e. The van der Waals surface area contributed by atoms with Crippen LogP contribution in [-0.4, -0.2) is 29.5 Å². The third kappa shape index (κ3) is 3.14. The Morgan fingerprint density at radius 2 is 2.05 bits per heavy atom. The van der Waals surface area contributed by atoms with E-state index in [4.69, 9.17) is 9.84 Å². The quantitative estimate of drug-likeness (QED) is 0.838. The van der Waals surface area contributed by atoms with Crippen molar-refractivity contribution in [2.75, 3.05) is 7.11 Å². The number of nitrogens with zero attached hydrogens (tertiary/aromatic N) is 1. The molecule has 20 heavy (non-hydrogen) atoms. The molecule has 0 amide bonds. The molecule has 0 unspecified atom stereocenters. The van der Waals surface area contributed by atoms with Crippen LogP contribution in [0.15, 0.2) is 47.5 Å². The SMILES string of the molecule is COc1cc(C=Nc2cccc(C(=O)O)c2)ccc1O. The second kappa shape index (κ2) is 5.88. The molecule has 0 atom stereocenters. The first-order valence-electron chi connectivity index (χ1n) is 5.84. The number of methoxy groups -OCH3 is 1. The summed E-state index contributed by atoms with van der Waals surface area (Å²) in [5.41, 5.74) is 1.46. The van der Waals surface area contributed by atoms with Crippen molar-refractivity contribution in [3.8, 4) is 11.5 Å². The average Bonchev–Trinajstić information content (AvgIpc) is 2.46. The molecule has 0 bridgehead atoms. The van der Waals surface area contributed by atoms with Gasteiger partial charge in [-0.05, 0) is 42.0 Å². The predicted molar refractivity (Wildman–Crippen MR) is 75.3 cm³/mol. The minimum absolute atomic E-state index is 0.0533. The van der Waals surface area contributed by atoms with Gasteiger partial charge in [-0.15, -0.1) is 0 Å². The highest BCUT2D eigenvalue weighted by atomic mass is 16.5. The number of rotatable bonds is 4. The fraction of sp³-hybridized carbons (Fsp3) is 0.0667. The van der Waals surface area contributed by atoms with E-state index >= 15 is 0 Å². The maximum absolute atomic E-state index is 10.9. The number of ether oxygens (including phenoxy) is 1. The maximum atomic E-state index is 10.9. The Kier molecular flexibility index (Phi) is 4.00. The molecule has 0 saturated heterocycles. The standard InChI is InChI=1S/C15H13NO4/c1-20-14-7-10(5-6-13(14)17)9-16-12-4-2-3-11(8-12)15(18)19/h2-9,17H,1H3,(H,18,19). The number of benzene rings is 2. The first-order chi connectivity index (χ1) is 9.60. The second-order valence-corrected chi connectivity index (χ2v) is 4.04. The normalized spacial score (nSPS) is 10.7. The van der Waals surface area contributed by atoms with Crippen molar-refractivity contribution in [3.05, 3.63) is 53.6 Å². The lowest BCUT2D eigenvalue weighted by atomic mass is 10.2. The van der Waals surface area contributed by atoms with Gasteiger partial charge in [0.15, 0.2) is 11.5 Å². The van der Waals surface area contributed by atoms with Gasteiger partial charge in [-0.25, -0.2) is 4.79 Å². The molecule has 2 rings (SSSR count). The van der Waals surface area contributed by atoms with Crippen LogP contribution in [-0.2, 0) is 0 Å². The summed E-state index contributed by atoms with van der Waals surface area (Å²) in [5.74, 6) is -0.584. The molecular weight excluding hydrogens is 258 g/mol. The zero-order valence-electron chi connectivity index (χ0n) is 10.8. The maximum Gasteiger partial charge on any atom is 0.335 e. The van der Waals surface area contributed by atoms with E-state index in [1.165, 1.54) is 25.3 Å². The highest BCUT2D eigenvalue weighted by molar-refractivity contribution is 5.89. The molecule has 0 saturated carbocycles. The van der Waals surface area contributed by atoms with Crippen LogP contribution in [0, 0.1) is 0 Å². The molecule has 0 aliphatic carbocycles. The summed E-state index contributed by atoms with van der Waals surface area (Å²) in [6.07, 6.45) is 1.57. The Morgan fingerprint density at radius 1 is 1.25 bits per heavy atom. The van der Waals surface area contributed by atoms with Crippen molar-refractivity contribution in [2.24, 2.45) is 4.99 Å². The molecule has 2 N–H and O–H groups in total. The number of aliphatic imine (C=N–C) groups is 1. The lowest BCUT2D eigenvalue weighted by molar-refractivity contribution is 0.0697. The molecule has 102 valence electrons. The minimum atomic E-state index is -0.992. The Labute approximate surface area is 115 Å². The van der Waals surface area contributed by atoms with Crippen LogP contribution in [0.5, 0.6) is 11.5 Å².